The third kappa shape index (κ3) is 2.68. The van der Waals surface area contributed by atoms with Gasteiger partial charge in [-0.3, -0.25) is 19.8 Å². The van der Waals surface area contributed by atoms with E-state index in [9.17, 15) is 9.59 Å². The molecule has 2 rings (SSSR count). The highest BCUT2D eigenvalue weighted by Gasteiger charge is 2.29. The number of rotatable bonds is 3. The Bertz CT molecular complexity index is 473. The molecule has 0 bridgehead atoms. The van der Waals surface area contributed by atoms with E-state index in [0.717, 1.165) is 17.7 Å². The molecule has 1 fully saturated rings. The molecule has 5 heteroatoms. The first-order valence-electron chi connectivity index (χ1n) is 5.99. The molecule has 0 aromatic heterocycles. The van der Waals surface area contributed by atoms with Crippen LogP contribution in [0.3, 0.4) is 0 Å². The van der Waals surface area contributed by atoms with Crippen LogP contribution in [0.15, 0.2) is 24.3 Å². The largest absolute Gasteiger partial charge is 0.399 e. The quantitative estimate of drug-likeness (QED) is 0.589. The van der Waals surface area contributed by atoms with Crippen molar-refractivity contribution >= 4 is 17.5 Å². The van der Waals surface area contributed by atoms with Crippen molar-refractivity contribution in [3.8, 4) is 0 Å². The van der Waals surface area contributed by atoms with Crippen molar-refractivity contribution in [2.24, 2.45) is 0 Å². The van der Waals surface area contributed by atoms with E-state index in [-0.39, 0.29) is 24.4 Å². The number of para-hydroxylation sites is 1. The van der Waals surface area contributed by atoms with Crippen molar-refractivity contribution in [2.45, 2.75) is 19.4 Å². The molecular formula is C13H17N3O2. The summed E-state index contributed by atoms with van der Waals surface area (Å²) in [6.45, 7) is 2.71. The summed E-state index contributed by atoms with van der Waals surface area (Å²) in [4.78, 5) is 24.7. The second-order valence-electron chi connectivity index (χ2n) is 4.51. The van der Waals surface area contributed by atoms with Gasteiger partial charge in [-0.1, -0.05) is 18.2 Å². The van der Waals surface area contributed by atoms with Crippen molar-refractivity contribution in [1.29, 1.82) is 0 Å². The molecule has 1 aromatic rings. The Kier molecular flexibility index (Phi) is 3.62. The van der Waals surface area contributed by atoms with Gasteiger partial charge in [0, 0.05) is 12.2 Å². The Balaban J connectivity index is 1.99. The molecule has 18 heavy (non-hydrogen) atoms. The number of carbonyl (C=O) groups excluding carboxylic acids is 2. The van der Waals surface area contributed by atoms with Crippen LogP contribution in [-0.2, 0) is 16.0 Å². The Morgan fingerprint density at radius 1 is 1.39 bits per heavy atom. The molecule has 3 N–H and O–H groups in total. The summed E-state index contributed by atoms with van der Waals surface area (Å²) in [5.41, 5.74) is 7.65. The first-order chi connectivity index (χ1) is 8.58. The zero-order valence-electron chi connectivity index (χ0n) is 10.3. The predicted molar refractivity (Wildman–Crippen MR) is 68.7 cm³/mol. The Morgan fingerprint density at radius 3 is 2.83 bits per heavy atom. The number of imide groups is 1. The monoisotopic (exact) mass is 247 g/mol. The molecule has 1 aliphatic heterocycles. The summed E-state index contributed by atoms with van der Waals surface area (Å²) in [5, 5.41) is 2.32. The van der Waals surface area contributed by atoms with Gasteiger partial charge < -0.3 is 5.73 Å². The highest BCUT2D eigenvalue weighted by Crippen LogP contribution is 2.13. The molecule has 2 amide bonds. The lowest BCUT2D eigenvalue weighted by Gasteiger charge is -2.31. The lowest BCUT2D eigenvalue weighted by Crippen LogP contribution is -2.57. The lowest BCUT2D eigenvalue weighted by molar-refractivity contribution is -0.139. The molecule has 0 radical (unpaired) electrons. The number of carbonyl (C=O) groups is 2. The number of nitrogen functional groups attached to an aromatic ring is 1. The van der Waals surface area contributed by atoms with Crippen LogP contribution < -0.4 is 11.1 Å². The number of nitrogens with two attached hydrogens (primary N) is 1. The minimum atomic E-state index is -0.271. The number of hydrogen-bond donors (Lipinski definition) is 2. The fraction of sp³-hybridized carbons (Fsp3) is 0.385. The average molecular weight is 247 g/mol. The molecule has 0 aliphatic carbocycles. The van der Waals surface area contributed by atoms with Crippen LogP contribution in [-0.4, -0.2) is 35.8 Å². The number of benzene rings is 1. The van der Waals surface area contributed by atoms with Crippen LogP contribution in [0.4, 0.5) is 5.69 Å². The van der Waals surface area contributed by atoms with Gasteiger partial charge >= 0.3 is 0 Å². The Morgan fingerprint density at radius 2 is 2.11 bits per heavy atom. The van der Waals surface area contributed by atoms with E-state index in [2.05, 4.69) is 5.32 Å². The maximum Gasteiger partial charge on any atom is 0.243 e. The Hall–Kier alpha value is -1.88. The maximum atomic E-state index is 11.5. The minimum Gasteiger partial charge on any atom is -0.399 e. The van der Waals surface area contributed by atoms with E-state index in [0.29, 0.717) is 6.54 Å². The topological polar surface area (TPSA) is 75.4 Å². The van der Waals surface area contributed by atoms with Gasteiger partial charge in [0.15, 0.2) is 0 Å². The minimum absolute atomic E-state index is 0.229. The number of hydrogen-bond acceptors (Lipinski definition) is 4. The van der Waals surface area contributed by atoms with Gasteiger partial charge in [-0.25, -0.2) is 0 Å². The molecule has 0 spiro atoms. The van der Waals surface area contributed by atoms with Gasteiger partial charge in [0.25, 0.3) is 0 Å². The molecule has 96 valence electrons. The van der Waals surface area contributed by atoms with E-state index >= 15 is 0 Å². The molecule has 1 unspecified atom stereocenters. The molecule has 1 saturated heterocycles. The Labute approximate surface area is 106 Å². The third-order valence-corrected chi connectivity index (χ3v) is 3.26. The number of amides is 2. The number of anilines is 1. The smallest absolute Gasteiger partial charge is 0.243 e. The van der Waals surface area contributed by atoms with E-state index in [1.807, 2.05) is 29.2 Å². The molecular weight excluding hydrogens is 230 g/mol. The van der Waals surface area contributed by atoms with Gasteiger partial charge in [-0.05, 0) is 25.0 Å². The fourth-order valence-corrected chi connectivity index (χ4v) is 2.07. The van der Waals surface area contributed by atoms with Crippen molar-refractivity contribution in [3.05, 3.63) is 29.8 Å². The van der Waals surface area contributed by atoms with Crippen LogP contribution in [0, 0.1) is 0 Å². The fourth-order valence-electron chi connectivity index (χ4n) is 2.07. The summed E-state index contributed by atoms with van der Waals surface area (Å²) in [7, 11) is 0. The average Bonchev–Trinajstić information content (AvgIpc) is 2.33. The van der Waals surface area contributed by atoms with Gasteiger partial charge in [-0.2, -0.15) is 0 Å². The third-order valence-electron chi connectivity index (χ3n) is 3.26. The zero-order chi connectivity index (χ0) is 13.1. The zero-order valence-corrected chi connectivity index (χ0v) is 10.3. The molecule has 1 atom stereocenters. The second kappa shape index (κ2) is 5.18. The molecule has 1 aliphatic rings. The first-order valence-corrected chi connectivity index (χ1v) is 5.99. The normalized spacial score (nSPS) is 20.8. The maximum absolute atomic E-state index is 11.5. The van der Waals surface area contributed by atoms with Crippen LogP contribution in [0.25, 0.3) is 0 Å². The van der Waals surface area contributed by atoms with Gasteiger partial charge in [0.2, 0.25) is 11.8 Å². The van der Waals surface area contributed by atoms with Crippen LogP contribution in [0.1, 0.15) is 12.5 Å². The molecule has 0 saturated carbocycles. The SMILES string of the molecule is CC1C(=O)NC(=O)CN1CCc1ccccc1N. The highest BCUT2D eigenvalue weighted by atomic mass is 16.2. The van der Waals surface area contributed by atoms with E-state index in [1.165, 1.54) is 0 Å². The highest BCUT2D eigenvalue weighted by molar-refractivity contribution is 6.00. The number of nitrogens with zero attached hydrogens (tertiary/aromatic N) is 1. The standard InChI is InChI=1S/C13H17N3O2/c1-9-13(18)15-12(17)8-16(9)7-6-10-4-2-3-5-11(10)14/h2-5,9H,6-8,14H2,1H3,(H,15,17,18). The van der Waals surface area contributed by atoms with Crippen molar-refractivity contribution in [3.63, 3.8) is 0 Å². The summed E-state index contributed by atoms with van der Waals surface area (Å²) in [6, 6.07) is 7.37. The first kappa shape index (κ1) is 12.6. The van der Waals surface area contributed by atoms with Crippen molar-refractivity contribution in [1.82, 2.24) is 10.2 Å². The second-order valence-corrected chi connectivity index (χ2v) is 4.51. The van der Waals surface area contributed by atoms with Crippen molar-refractivity contribution in [2.75, 3.05) is 18.8 Å². The number of piperazine rings is 1. The van der Waals surface area contributed by atoms with E-state index < -0.39 is 0 Å². The lowest BCUT2D eigenvalue weighted by atomic mass is 10.1. The van der Waals surface area contributed by atoms with Gasteiger partial charge in [-0.15, -0.1) is 0 Å². The van der Waals surface area contributed by atoms with E-state index in [4.69, 9.17) is 5.73 Å². The van der Waals surface area contributed by atoms with Crippen molar-refractivity contribution < 1.29 is 9.59 Å². The van der Waals surface area contributed by atoms with Crippen LogP contribution in [0.5, 0.6) is 0 Å². The van der Waals surface area contributed by atoms with Gasteiger partial charge in [0.1, 0.15) is 0 Å². The van der Waals surface area contributed by atoms with E-state index in [1.54, 1.807) is 6.92 Å². The molecule has 5 nitrogen and oxygen atoms in total. The molecule has 1 heterocycles. The van der Waals surface area contributed by atoms with Crippen LogP contribution in [0.2, 0.25) is 0 Å². The number of nitrogens with one attached hydrogen (secondary N) is 1. The van der Waals surface area contributed by atoms with Crippen LogP contribution >= 0.6 is 0 Å². The summed E-state index contributed by atoms with van der Waals surface area (Å²) < 4.78 is 0. The summed E-state index contributed by atoms with van der Waals surface area (Å²) in [6.07, 6.45) is 0.734. The predicted octanol–water partition coefficient (Wildman–Crippen LogP) is 0.158. The van der Waals surface area contributed by atoms with Gasteiger partial charge in [0.05, 0.1) is 12.6 Å². The summed E-state index contributed by atoms with van der Waals surface area (Å²) >= 11 is 0. The summed E-state index contributed by atoms with van der Waals surface area (Å²) in [5.74, 6) is -0.466. The molecule has 1 aromatic carbocycles.